The lowest BCUT2D eigenvalue weighted by atomic mass is 10.1. The average molecular weight is 285 g/mol. The van der Waals surface area contributed by atoms with Gasteiger partial charge in [-0.3, -0.25) is 4.79 Å². The first kappa shape index (κ1) is 15.1. The summed E-state index contributed by atoms with van der Waals surface area (Å²) in [4.78, 5) is 12.1. The number of anilines is 1. The fourth-order valence-corrected chi connectivity index (χ4v) is 1.94. The standard InChI is InChI=1S/C17H19NO3/c1-12(19)15-10-6-7-11-16(15)21-13(2)17(20)18-14-8-4-3-5-9-14/h3-13,19H,1-2H3,(H,18,20). The Morgan fingerprint density at radius 2 is 1.67 bits per heavy atom. The molecule has 0 aliphatic carbocycles. The van der Waals surface area contributed by atoms with Crippen LogP contribution < -0.4 is 10.1 Å². The van der Waals surface area contributed by atoms with Crippen LogP contribution in [0.15, 0.2) is 54.6 Å². The molecule has 4 nitrogen and oxygen atoms in total. The lowest BCUT2D eigenvalue weighted by Gasteiger charge is -2.18. The number of hydrogen-bond donors (Lipinski definition) is 2. The van der Waals surface area contributed by atoms with Crippen LogP contribution in [0.2, 0.25) is 0 Å². The van der Waals surface area contributed by atoms with Gasteiger partial charge in [-0.1, -0.05) is 36.4 Å². The van der Waals surface area contributed by atoms with Crippen molar-refractivity contribution in [2.45, 2.75) is 26.1 Å². The Bertz CT molecular complexity index is 596. The number of benzene rings is 2. The molecule has 1 amide bonds. The zero-order valence-electron chi connectivity index (χ0n) is 12.1. The molecule has 4 heteroatoms. The van der Waals surface area contributed by atoms with Crippen LogP contribution in [-0.2, 0) is 4.79 Å². The van der Waals surface area contributed by atoms with Gasteiger partial charge in [0.2, 0.25) is 0 Å². The maximum atomic E-state index is 12.1. The first-order valence-electron chi connectivity index (χ1n) is 6.87. The minimum absolute atomic E-state index is 0.235. The molecule has 0 fully saturated rings. The quantitative estimate of drug-likeness (QED) is 0.887. The number of nitrogens with one attached hydrogen (secondary N) is 1. The Labute approximate surface area is 124 Å². The number of amides is 1. The van der Waals surface area contributed by atoms with Crippen LogP contribution in [0.25, 0.3) is 0 Å². The van der Waals surface area contributed by atoms with Crippen molar-refractivity contribution in [1.29, 1.82) is 0 Å². The summed E-state index contributed by atoms with van der Waals surface area (Å²) in [5.41, 5.74) is 1.39. The molecule has 0 heterocycles. The summed E-state index contributed by atoms with van der Waals surface area (Å²) < 4.78 is 5.67. The summed E-state index contributed by atoms with van der Waals surface area (Å²) in [7, 11) is 0. The molecule has 2 rings (SSSR count). The van der Waals surface area contributed by atoms with Crippen LogP contribution >= 0.6 is 0 Å². The Hall–Kier alpha value is -2.33. The number of aliphatic hydroxyl groups is 1. The Morgan fingerprint density at radius 3 is 2.33 bits per heavy atom. The summed E-state index contributed by atoms with van der Waals surface area (Å²) in [6.07, 6.45) is -1.31. The van der Waals surface area contributed by atoms with Gasteiger partial charge in [0.05, 0.1) is 6.10 Å². The number of para-hydroxylation sites is 2. The summed E-state index contributed by atoms with van der Waals surface area (Å²) in [5, 5.41) is 12.5. The number of hydrogen-bond acceptors (Lipinski definition) is 3. The molecule has 0 bridgehead atoms. The molecule has 2 atom stereocenters. The van der Waals surface area contributed by atoms with E-state index in [2.05, 4.69) is 5.32 Å². The summed E-state index contributed by atoms with van der Waals surface area (Å²) in [6.45, 7) is 3.34. The third kappa shape index (κ3) is 4.07. The molecule has 0 aliphatic heterocycles. The first-order valence-corrected chi connectivity index (χ1v) is 6.87. The van der Waals surface area contributed by atoms with Crippen LogP contribution in [0.5, 0.6) is 5.75 Å². The predicted octanol–water partition coefficient (Wildman–Crippen LogP) is 3.15. The van der Waals surface area contributed by atoms with Crippen LogP contribution in [0, 0.1) is 0 Å². The molecule has 2 aromatic rings. The van der Waals surface area contributed by atoms with E-state index in [-0.39, 0.29) is 5.91 Å². The minimum Gasteiger partial charge on any atom is -0.481 e. The summed E-state index contributed by atoms with van der Waals surface area (Å²) in [5.74, 6) is 0.282. The van der Waals surface area contributed by atoms with Gasteiger partial charge in [0.1, 0.15) is 5.75 Å². The van der Waals surface area contributed by atoms with Gasteiger partial charge in [-0.25, -0.2) is 0 Å². The molecule has 2 N–H and O–H groups in total. The minimum atomic E-state index is -0.662. The number of carbonyl (C=O) groups is 1. The van der Waals surface area contributed by atoms with E-state index < -0.39 is 12.2 Å². The number of rotatable bonds is 5. The van der Waals surface area contributed by atoms with Crippen molar-refractivity contribution in [3.8, 4) is 5.75 Å². The van der Waals surface area contributed by atoms with E-state index >= 15 is 0 Å². The smallest absolute Gasteiger partial charge is 0.265 e. The molecule has 0 aliphatic rings. The van der Waals surface area contributed by atoms with E-state index in [0.29, 0.717) is 11.3 Å². The summed E-state index contributed by atoms with van der Waals surface area (Å²) in [6, 6.07) is 16.4. The molecule has 0 spiro atoms. The van der Waals surface area contributed by atoms with Gasteiger partial charge in [0.15, 0.2) is 6.10 Å². The Balaban J connectivity index is 2.04. The number of ether oxygens (including phenoxy) is 1. The number of aliphatic hydroxyl groups excluding tert-OH is 1. The highest BCUT2D eigenvalue weighted by Crippen LogP contribution is 2.25. The second-order valence-electron chi connectivity index (χ2n) is 4.83. The molecular formula is C17H19NO3. The highest BCUT2D eigenvalue weighted by atomic mass is 16.5. The van der Waals surface area contributed by atoms with Crippen molar-refractivity contribution in [2.75, 3.05) is 5.32 Å². The predicted molar refractivity (Wildman–Crippen MR) is 82.2 cm³/mol. The second-order valence-corrected chi connectivity index (χ2v) is 4.83. The van der Waals surface area contributed by atoms with Crippen LogP contribution in [-0.4, -0.2) is 17.1 Å². The maximum Gasteiger partial charge on any atom is 0.265 e. The molecule has 0 saturated carbocycles. The average Bonchev–Trinajstić information content (AvgIpc) is 2.48. The highest BCUT2D eigenvalue weighted by Gasteiger charge is 2.17. The fourth-order valence-electron chi connectivity index (χ4n) is 1.94. The van der Waals surface area contributed by atoms with Crippen molar-refractivity contribution in [2.24, 2.45) is 0 Å². The molecule has 0 radical (unpaired) electrons. The molecule has 2 aromatic carbocycles. The third-order valence-electron chi connectivity index (χ3n) is 3.08. The molecule has 110 valence electrons. The van der Waals surface area contributed by atoms with Gasteiger partial charge in [-0.05, 0) is 32.0 Å². The van der Waals surface area contributed by atoms with Crippen LogP contribution in [0.4, 0.5) is 5.69 Å². The first-order chi connectivity index (χ1) is 10.1. The number of carbonyl (C=O) groups excluding carboxylic acids is 1. The van der Waals surface area contributed by atoms with Gasteiger partial charge in [-0.15, -0.1) is 0 Å². The van der Waals surface area contributed by atoms with E-state index in [1.807, 2.05) is 42.5 Å². The van der Waals surface area contributed by atoms with Crippen molar-refractivity contribution in [1.82, 2.24) is 0 Å². The fraction of sp³-hybridized carbons (Fsp3) is 0.235. The van der Waals surface area contributed by atoms with E-state index in [1.165, 1.54) is 0 Å². The SMILES string of the molecule is CC(Oc1ccccc1C(C)O)C(=O)Nc1ccccc1. The highest BCUT2D eigenvalue weighted by molar-refractivity contribution is 5.94. The lowest BCUT2D eigenvalue weighted by molar-refractivity contribution is -0.122. The van der Waals surface area contributed by atoms with Crippen LogP contribution in [0.3, 0.4) is 0 Å². The summed E-state index contributed by atoms with van der Waals surface area (Å²) >= 11 is 0. The van der Waals surface area contributed by atoms with E-state index in [4.69, 9.17) is 4.74 Å². The third-order valence-corrected chi connectivity index (χ3v) is 3.08. The van der Waals surface area contributed by atoms with Crippen molar-refractivity contribution in [3.05, 3.63) is 60.2 Å². The van der Waals surface area contributed by atoms with Gasteiger partial charge < -0.3 is 15.2 Å². The largest absolute Gasteiger partial charge is 0.481 e. The van der Waals surface area contributed by atoms with Gasteiger partial charge >= 0.3 is 0 Å². The Morgan fingerprint density at radius 1 is 1.05 bits per heavy atom. The van der Waals surface area contributed by atoms with Crippen molar-refractivity contribution >= 4 is 11.6 Å². The zero-order chi connectivity index (χ0) is 15.2. The molecule has 21 heavy (non-hydrogen) atoms. The monoisotopic (exact) mass is 285 g/mol. The maximum absolute atomic E-state index is 12.1. The van der Waals surface area contributed by atoms with E-state index in [0.717, 1.165) is 5.69 Å². The lowest BCUT2D eigenvalue weighted by Crippen LogP contribution is -2.30. The topological polar surface area (TPSA) is 58.6 Å². The van der Waals surface area contributed by atoms with Gasteiger partial charge in [0, 0.05) is 11.3 Å². The van der Waals surface area contributed by atoms with Gasteiger partial charge in [-0.2, -0.15) is 0 Å². The molecule has 0 saturated heterocycles. The van der Waals surface area contributed by atoms with E-state index in [1.54, 1.807) is 26.0 Å². The van der Waals surface area contributed by atoms with E-state index in [9.17, 15) is 9.90 Å². The zero-order valence-corrected chi connectivity index (χ0v) is 12.1. The van der Waals surface area contributed by atoms with Crippen LogP contribution in [0.1, 0.15) is 25.5 Å². The Kier molecular flexibility index (Phi) is 4.95. The normalized spacial score (nSPS) is 13.3. The molecule has 0 aromatic heterocycles. The van der Waals surface area contributed by atoms with Crippen molar-refractivity contribution < 1.29 is 14.6 Å². The molecule has 2 unspecified atom stereocenters. The van der Waals surface area contributed by atoms with Crippen molar-refractivity contribution in [3.63, 3.8) is 0 Å². The molecular weight excluding hydrogens is 266 g/mol. The van der Waals surface area contributed by atoms with Gasteiger partial charge in [0.25, 0.3) is 5.91 Å². The second kappa shape index (κ2) is 6.90.